The average Bonchev–Trinajstić information content (AvgIpc) is 2.67. The summed E-state index contributed by atoms with van der Waals surface area (Å²) in [4.78, 5) is 6.77. The van der Waals surface area contributed by atoms with E-state index in [1.807, 2.05) is 13.0 Å². The molecule has 0 aliphatic rings. The van der Waals surface area contributed by atoms with E-state index in [-0.39, 0.29) is 0 Å². The molecule has 21 heavy (non-hydrogen) atoms. The van der Waals surface area contributed by atoms with Crippen LogP contribution in [0.2, 0.25) is 0 Å². The van der Waals surface area contributed by atoms with Gasteiger partial charge >= 0.3 is 0 Å². The number of aromatic nitrogens is 1. The minimum atomic E-state index is 0.388. The Morgan fingerprint density at radius 2 is 2.05 bits per heavy atom. The Labute approximate surface area is 131 Å². The van der Waals surface area contributed by atoms with Crippen LogP contribution in [0, 0.1) is 12.8 Å². The minimum absolute atomic E-state index is 0.388. The maximum atomic E-state index is 6.21. The number of benzene rings is 1. The van der Waals surface area contributed by atoms with Crippen molar-refractivity contribution in [2.24, 2.45) is 5.92 Å². The predicted molar refractivity (Wildman–Crippen MR) is 94.2 cm³/mol. The van der Waals surface area contributed by atoms with Gasteiger partial charge in [0.15, 0.2) is 0 Å². The number of aryl methyl sites for hydroxylation is 1. The van der Waals surface area contributed by atoms with Crippen LogP contribution in [0.5, 0.6) is 0 Å². The SMILES string of the molecule is Cc1nc2cc(NC(CC(C)C)CN(C)C)c(N)cc2s1. The van der Waals surface area contributed by atoms with Crippen LogP contribution < -0.4 is 11.1 Å². The summed E-state index contributed by atoms with van der Waals surface area (Å²) >= 11 is 1.69. The van der Waals surface area contributed by atoms with Gasteiger partial charge in [-0.1, -0.05) is 13.8 Å². The van der Waals surface area contributed by atoms with Crippen molar-refractivity contribution in [1.29, 1.82) is 0 Å². The van der Waals surface area contributed by atoms with Crippen molar-refractivity contribution in [1.82, 2.24) is 9.88 Å². The molecular formula is C16H26N4S. The van der Waals surface area contributed by atoms with Gasteiger partial charge in [0, 0.05) is 12.6 Å². The first-order chi connectivity index (χ1) is 9.85. The molecule has 0 fully saturated rings. The third kappa shape index (κ3) is 4.32. The van der Waals surface area contributed by atoms with Gasteiger partial charge in [-0.05, 0) is 45.5 Å². The summed E-state index contributed by atoms with van der Waals surface area (Å²) < 4.78 is 1.16. The number of nitrogens with one attached hydrogen (secondary N) is 1. The molecule has 3 N–H and O–H groups in total. The molecule has 1 unspecified atom stereocenters. The molecule has 0 amide bonds. The van der Waals surface area contributed by atoms with Gasteiger partial charge in [-0.2, -0.15) is 0 Å². The van der Waals surface area contributed by atoms with Crippen LogP contribution in [0.4, 0.5) is 11.4 Å². The van der Waals surface area contributed by atoms with Crippen molar-refractivity contribution in [2.45, 2.75) is 33.2 Å². The highest BCUT2D eigenvalue weighted by Gasteiger charge is 2.14. The van der Waals surface area contributed by atoms with Gasteiger partial charge < -0.3 is 16.0 Å². The Morgan fingerprint density at radius 3 is 2.67 bits per heavy atom. The molecule has 1 aromatic heterocycles. The Bertz CT molecular complexity index is 594. The van der Waals surface area contributed by atoms with Gasteiger partial charge in [-0.15, -0.1) is 11.3 Å². The van der Waals surface area contributed by atoms with Crippen molar-refractivity contribution >= 4 is 32.9 Å². The summed E-state index contributed by atoms with van der Waals surface area (Å²) in [6.45, 7) is 7.52. The van der Waals surface area contributed by atoms with Gasteiger partial charge in [-0.25, -0.2) is 4.98 Å². The Hall–Kier alpha value is -1.33. The molecule has 1 aromatic carbocycles. The van der Waals surface area contributed by atoms with Gasteiger partial charge in [0.2, 0.25) is 0 Å². The Balaban J connectivity index is 2.24. The third-order valence-electron chi connectivity index (χ3n) is 3.37. The quantitative estimate of drug-likeness (QED) is 0.801. The maximum absolute atomic E-state index is 6.21. The Kier molecular flexibility index (Phi) is 5.06. The number of hydrogen-bond acceptors (Lipinski definition) is 5. The van der Waals surface area contributed by atoms with E-state index in [1.54, 1.807) is 11.3 Å². The molecule has 0 radical (unpaired) electrons. The first kappa shape index (κ1) is 16.0. The number of anilines is 2. The molecular weight excluding hydrogens is 280 g/mol. The van der Waals surface area contributed by atoms with Gasteiger partial charge in [0.1, 0.15) is 0 Å². The molecule has 0 aliphatic heterocycles. The van der Waals surface area contributed by atoms with E-state index in [9.17, 15) is 0 Å². The molecule has 0 spiro atoms. The topological polar surface area (TPSA) is 54.2 Å². The minimum Gasteiger partial charge on any atom is -0.397 e. The fraction of sp³-hybridized carbons (Fsp3) is 0.562. The number of hydrogen-bond donors (Lipinski definition) is 2. The predicted octanol–water partition coefficient (Wildman–Crippen LogP) is 3.58. The van der Waals surface area contributed by atoms with Gasteiger partial charge in [0.25, 0.3) is 0 Å². The summed E-state index contributed by atoms with van der Waals surface area (Å²) in [6.07, 6.45) is 1.12. The summed E-state index contributed by atoms with van der Waals surface area (Å²) in [5, 5.41) is 4.69. The highest BCUT2D eigenvalue weighted by molar-refractivity contribution is 7.18. The molecule has 0 saturated carbocycles. The van der Waals surface area contributed by atoms with Crippen molar-refractivity contribution in [3.63, 3.8) is 0 Å². The molecule has 2 rings (SSSR count). The lowest BCUT2D eigenvalue weighted by Crippen LogP contribution is -2.33. The molecule has 2 aromatic rings. The summed E-state index contributed by atoms with van der Waals surface area (Å²) in [6, 6.07) is 4.50. The van der Waals surface area contributed by atoms with Crippen LogP contribution in [-0.4, -0.2) is 36.6 Å². The van der Waals surface area contributed by atoms with E-state index in [2.05, 4.69) is 49.2 Å². The number of nitrogen functional groups attached to an aromatic ring is 1. The Morgan fingerprint density at radius 1 is 1.33 bits per heavy atom. The lowest BCUT2D eigenvalue weighted by molar-refractivity contribution is 0.356. The zero-order valence-corrected chi connectivity index (χ0v) is 14.4. The van der Waals surface area contributed by atoms with Crippen LogP contribution in [0.1, 0.15) is 25.3 Å². The van der Waals surface area contributed by atoms with Crippen LogP contribution in [0.15, 0.2) is 12.1 Å². The van der Waals surface area contributed by atoms with Crippen molar-refractivity contribution in [3.8, 4) is 0 Å². The number of rotatable bonds is 6. The van der Waals surface area contributed by atoms with E-state index in [1.165, 1.54) is 0 Å². The van der Waals surface area contributed by atoms with E-state index in [0.29, 0.717) is 12.0 Å². The lowest BCUT2D eigenvalue weighted by atomic mass is 10.0. The molecule has 0 saturated heterocycles. The van der Waals surface area contributed by atoms with Crippen LogP contribution >= 0.6 is 11.3 Å². The normalized spacial score (nSPS) is 13.3. The number of likely N-dealkylation sites (N-methyl/N-ethyl adjacent to an activating group) is 1. The van der Waals surface area contributed by atoms with Gasteiger partial charge in [0.05, 0.1) is 26.6 Å². The van der Waals surface area contributed by atoms with Crippen LogP contribution in [0.25, 0.3) is 10.2 Å². The zero-order chi connectivity index (χ0) is 15.6. The molecule has 4 nitrogen and oxygen atoms in total. The van der Waals surface area contributed by atoms with E-state index in [4.69, 9.17) is 5.73 Å². The average molecular weight is 306 g/mol. The van der Waals surface area contributed by atoms with Crippen molar-refractivity contribution in [2.75, 3.05) is 31.7 Å². The smallest absolute Gasteiger partial charge is 0.0907 e. The van der Waals surface area contributed by atoms with Crippen LogP contribution in [0.3, 0.4) is 0 Å². The van der Waals surface area contributed by atoms with Crippen LogP contribution in [-0.2, 0) is 0 Å². The fourth-order valence-electron chi connectivity index (χ4n) is 2.64. The molecule has 5 heteroatoms. The number of fused-ring (bicyclic) bond motifs is 1. The summed E-state index contributed by atoms with van der Waals surface area (Å²) in [5.74, 6) is 0.647. The number of nitrogens with two attached hydrogens (primary N) is 1. The molecule has 0 bridgehead atoms. The second-order valence-corrected chi connectivity index (χ2v) is 7.61. The second-order valence-electron chi connectivity index (χ2n) is 6.37. The number of nitrogens with zero attached hydrogens (tertiary/aromatic N) is 2. The van der Waals surface area contributed by atoms with E-state index in [0.717, 1.165) is 39.6 Å². The second kappa shape index (κ2) is 6.62. The standard InChI is InChI=1S/C16H26N4S/c1-10(2)6-12(9-20(4)5)19-14-8-15-16(7-13(14)17)21-11(3)18-15/h7-8,10,12,19H,6,9,17H2,1-5H3. The van der Waals surface area contributed by atoms with Gasteiger partial charge in [-0.3, -0.25) is 0 Å². The highest BCUT2D eigenvalue weighted by atomic mass is 32.1. The summed E-state index contributed by atoms with van der Waals surface area (Å²) in [5.41, 5.74) is 9.04. The lowest BCUT2D eigenvalue weighted by Gasteiger charge is -2.25. The fourth-order valence-corrected chi connectivity index (χ4v) is 3.50. The summed E-state index contributed by atoms with van der Waals surface area (Å²) in [7, 11) is 4.21. The first-order valence-electron chi connectivity index (χ1n) is 7.43. The molecule has 0 aliphatic carbocycles. The molecule has 116 valence electrons. The maximum Gasteiger partial charge on any atom is 0.0907 e. The van der Waals surface area contributed by atoms with E-state index < -0.39 is 0 Å². The zero-order valence-electron chi connectivity index (χ0n) is 13.6. The number of thiazole rings is 1. The van der Waals surface area contributed by atoms with E-state index >= 15 is 0 Å². The third-order valence-corrected chi connectivity index (χ3v) is 4.30. The largest absolute Gasteiger partial charge is 0.397 e. The molecule has 1 atom stereocenters. The highest BCUT2D eigenvalue weighted by Crippen LogP contribution is 2.30. The van der Waals surface area contributed by atoms with Crippen molar-refractivity contribution < 1.29 is 0 Å². The van der Waals surface area contributed by atoms with Crippen molar-refractivity contribution in [3.05, 3.63) is 17.1 Å². The molecule has 1 heterocycles. The first-order valence-corrected chi connectivity index (χ1v) is 8.24. The monoisotopic (exact) mass is 306 g/mol.